The van der Waals surface area contributed by atoms with E-state index < -0.39 is 11.9 Å². The zero-order chi connectivity index (χ0) is 19.4. The summed E-state index contributed by atoms with van der Waals surface area (Å²) in [4.78, 5) is 32.1. The number of nitrogens with zero attached hydrogens (tertiary/aromatic N) is 2. The van der Waals surface area contributed by atoms with Crippen LogP contribution in [0.25, 0.3) is 11.3 Å². The Hall–Kier alpha value is -2.90. The molecule has 1 N–H and O–H groups in total. The van der Waals surface area contributed by atoms with E-state index in [1.807, 2.05) is 0 Å². The maximum absolute atomic E-state index is 12.4. The van der Waals surface area contributed by atoms with Crippen LogP contribution in [-0.4, -0.2) is 28.5 Å². The second-order valence-electron chi connectivity index (χ2n) is 5.26. The van der Waals surface area contributed by atoms with E-state index in [2.05, 4.69) is 15.3 Å². The van der Waals surface area contributed by atoms with E-state index in [4.69, 9.17) is 32.4 Å². The van der Waals surface area contributed by atoms with Crippen LogP contribution in [0.2, 0.25) is 10.0 Å². The van der Waals surface area contributed by atoms with Crippen LogP contribution in [0.4, 0.5) is 6.01 Å². The molecule has 138 valence electrons. The fraction of sp³-hybridized carbons (Fsp3) is 0.111. The molecule has 0 aliphatic heterocycles. The van der Waals surface area contributed by atoms with Gasteiger partial charge in [-0.25, -0.2) is 9.78 Å². The van der Waals surface area contributed by atoms with Crippen molar-refractivity contribution >= 4 is 41.1 Å². The number of pyridine rings is 1. The number of hydrogen-bond donors (Lipinski definition) is 1. The van der Waals surface area contributed by atoms with Crippen molar-refractivity contribution in [2.45, 2.75) is 6.92 Å². The number of benzene rings is 1. The Kier molecular flexibility index (Phi) is 5.73. The summed E-state index contributed by atoms with van der Waals surface area (Å²) in [6, 6.07) is 8.06. The van der Waals surface area contributed by atoms with Crippen LogP contribution in [-0.2, 0) is 4.74 Å². The lowest BCUT2D eigenvalue weighted by Crippen LogP contribution is -2.12. The summed E-state index contributed by atoms with van der Waals surface area (Å²) in [6.07, 6.45) is 2.67. The van der Waals surface area contributed by atoms with Crippen LogP contribution in [0.3, 0.4) is 0 Å². The Morgan fingerprint density at radius 3 is 2.70 bits per heavy atom. The molecule has 0 aliphatic rings. The Bertz CT molecular complexity index is 1000. The summed E-state index contributed by atoms with van der Waals surface area (Å²) in [5.74, 6) is -1.23. The number of carbonyl (C=O) groups excluding carboxylic acids is 2. The first-order chi connectivity index (χ1) is 13.0. The van der Waals surface area contributed by atoms with Crippen LogP contribution in [0, 0.1) is 0 Å². The van der Waals surface area contributed by atoms with Gasteiger partial charge in [0.2, 0.25) is 5.76 Å². The zero-order valence-electron chi connectivity index (χ0n) is 14.0. The Morgan fingerprint density at radius 1 is 1.15 bits per heavy atom. The molecule has 0 unspecified atom stereocenters. The predicted molar refractivity (Wildman–Crippen MR) is 100 cm³/mol. The number of carbonyl (C=O) groups is 2. The van der Waals surface area contributed by atoms with Gasteiger partial charge in [-0.2, -0.15) is 0 Å². The summed E-state index contributed by atoms with van der Waals surface area (Å²) in [5, 5.41) is 3.29. The lowest BCUT2D eigenvalue weighted by Gasteiger charge is -2.05. The highest BCUT2D eigenvalue weighted by atomic mass is 35.5. The maximum atomic E-state index is 12.4. The molecule has 3 rings (SSSR count). The molecule has 7 nitrogen and oxygen atoms in total. The third-order valence-corrected chi connectivity index (χ3v) is 4.18. The molecule has 9 heteroatoms. The average molecular weight is 406 g/mol. The van der Waals surface area contributed by atoms with E-state index in [0.29, 0.717) is 26.9 Å². The number of halogens is 2. The monoisotopic (exact) mass is 405 g/mol. The van der Waals surface area contributed by atoms with Gasteiger partial charge in [-0.3, -0.25) is 15.1 Å². The van der Waals surface area contributed by atoms with E-state index in [-0.39, 0.29) is 18.4 Å². The van der Waals surface area contributed by atoms with Crippen molar-refractivity contribution in [3.05, 3.63) is 64.1 Å². The second kappa shape index (κ2) is 8.20. The number of aromatic nitrogens is 2. The second-order valence-corrected chi connectivity index (χ2v) is 6.08. The standard InChI is InChI=1S/C18H13Cl2N3O4/c1-2-26-17(25)15-9-22-18(27-15)23-16(24)11-5-6-21-14(8-11)10-3-4-12(19)13(20)7-10/h3-9H,2H2,1H3,(H,22,23,24). The summed E-state index contributed by atoms with van der Waals surface area (Å²) in [5.41, 5.74) is 1.57. The van der Waals surface area contributed by atoms with Gasteiger partial charge in [-0.05, 0) is 31.2 Å². The number of ether oxygens (including phenoxy) is 1. The third kappa shape index (κ3) is 4.45. The molecule has 2 aromatic heterocycles. The zero-order valence-corrected chi connectivity index (χ0v) is 15.5. The number of esters is 1. The number of anilines is 1. The maximum Gasteiger partial charge on any atom is 0.376 e. The van der Waals surface area contributed by atoms with Gasteiger partial charge in [0.25, 0.3) is 5.91 Å². The average Bonchev–Trinajstić information content (AvgIpc) is 3.13. The highest BCUT2D eigenvalue weighted by Crippen LogP contribution is 2.28. The van der Waals surface area contributed by atoms with E-state index in [9.17, 15) is 9.59 Å². The van der Waals surface area contributed by atoms with Crippen LogP contribution in [0.15, 0.2) is 47.1 Å². The van der Waals surface area contributed by atoms with E-state index in [0.717, 1.165) is 0 Å². The van der Waals surface area contributed by atoms with Crippen molar-refractivity contribution in [2.24, 2.45) is 0 Å². The molecule has 0 radical (unpaired) electrons. The van der Waals surface area contributed by atoms with Gasteiger partial charge in [0, 0.05) is 17.3 Å². The first kappa shape index (κ1) is 18.9. The van der Waals surface area contributed by atoms with Crippen molar-refractivity contribution in [1.82, 2.24) is 9.97 Å². The topological polar surface area (TPSA) is 94.3 Å². The molecule has 0 saturated carbocycles. The van der Waals surface area contributed by atoms with Crippen LogP contribution >= 0.6 is 23.2 Å². The van der Waals surface area contributed by atoms with Gasteiger partial charge in [-0.1, -0.05) is 29.3 Å². The molecule has 0 saturated heterocycles. The quantitative estimate of drug-likeness (QED) is 0.629. The summed E-state index contributed by atoms with van der Waals surface area (Å²) in [7, 11) is 0. The van der Waals surface area contributed by atoms with Crippen molar-refractivity contribution in [3.63, 3.8) is 0 Å². The minimum absolute atomic E-state index is 0.0987. The minimum atomic E-state index is -0.656. The fourth-order valence-electron chi connectivity index (χ4n) is 2.18. The van der Waals surface area contributed by atoms with E-state index in [1.54, 1.807) is 31.2 Å². The molecule has 0 bridgehead atoms. The number of hydrogen-bond acceptors (Lipinski definition) is 6. The lowest BCUT2D eigenvalue weighted by molar-refractivity contribution is 0.0490. The summed E-state index contributed by atoms with van der Waals surface area (Å²) < 4.78 is 9.97. The summed E-state index contributed by atoms with van der Waals surface area (Å²) in [6.45, 7) is 1.88. The fourth-order valence-corrected chi connectivity index (χ4v) is 2.48. The molecule has 0 atom stereocenters. The minimum Gasteiger partial charge on any atom is -0.460 e. The number of rotatable bonds is 5. The summed E-state index contributed by atoms with van der Waals surface area (Å²) >= 11 is 11.9. The van der Waals surface area contributed by atoms with Crippen molar-refractivity contribution in [2.75, 3.05) is 11.9 Å². The SMILES string of the molecule is CCOC(=O)c1cnc(NC(=O)c2ccnc(-c3ccc(Cl)c(Cl)c3)c2)o1. The smallest absolute Gasteiger partial charge is 0.376 e. The predicted octanol–water partition coefficient (Wildman–Crippen LogP) is 4.47. The van der Waals surface area contributed by atoms with Crippen molar-refractivity contribution in [3.8, 4) is 11.3 Å². The molecule has 0 spiro atoms. The molecule has 1 aromatic carbocycles. The number of oxazole rings is 1. The van der Waals surface area contributed by atoms with Gasteiger partial charge in [-0.15, -0.1) is 0 Å². The largest absolute Gasteiger partial charge is 0.460 e. The first-order valence-electron chi connectivity index (χ1n) is 7.83. The molecule has 0 fully saturated rings. The van der Waals surface area contributed by atoms with Crippen LogP contribution in [0.1, 0.15) is 27.8 Å². The number of amides is 1. The van der Waals surface area contributed by atoms with Gasteiger partial charge < -0.3 is 9.15 Å². The lowest BCUT2D eigenvalue weighted by atomic mass is 10.1. The molecule has 27 heavy (non-hydrogen) atoms. The Morgan fingerprint density at radius 2 is 1.96 bits per heavy atom. The van der Waals surface area contributed by atoms with Crippen molar-refractivity contribution in [1.29, 1.82) is 0 Å². The molecule has 2 heterocycles. The molecular weight excluding hydrogens is 393 g/mol. The Balaban J connectivity index is 1.77. The van der Waals surface area contributed by atoms with E-state index in [1.165, 1.54) is 18.5 Å². The van der Waals surface area contributed by atoms with Crippen molar-refractivity contribution < 1.29 is 18.7 Å². The van der Waals surface area contributed by atoms with E-state index >= 15 is 0 Å². The molecule has 1 amide bonds. The Labute approximate surface area is 164 Å². The molecule has 0 aliphatic carbocycles. The van der Waals surface area contributed by atoms with Gasteiger partial charge in [0.05, 0.1) is 28.5 Å². The van der Waals surface area contributed by atoms with Crippen LogP contribution in [0.5, 0.6) is 0 Å². The highest BCUT2D eigenvalue weighted by Gasteiger charge is 2.16. The molecular formula is C18H13Cl2N3O4. The highest BCUT2D eigenvalue weighted by molar-refractivity contribution is 6.42. The first-order valence-corrected chi connectivity index (χ1v) is 8.59. The van der Waals surface area contributed by atoms with Gasteiger partial charge in [0.1, 0.15) is 0 Å². The van der Waals surface area contributed by atoms with Gasteiger partial charge in [0.15, 0.2) is 0 Å². The van der Waals surface area contributed by atoms with Gasteiger partial charge >= 0.3 is 12.0 Å². The number of nitrogens with one attached hydrogen (secondary N) is 1. The van der Waals surface area contributed by atoms with Crippen LogP contribution < -0.4 is 5.32 Å². The molecule has 3 aromatic rings. The third-order valence-electron chi connectivity index (χ3n) is 3.44. The normalized spacial score (nSPS) is 10.5.